The van der Waals surface area contributed by atoms with E-state index < -0.39 is 11.5 Å². The topological polar surface area (TPSA) is 118 Å². The normalized spacial score (nSPS) is 13.4. The van der Waals surface area contributed by atoms with E-state index in [0.29, 0.717) is 34.9 Å². The van der Waals surface area contributed by atoms with Crippen LogP contribution in [0.25, 0.3) is 10.9 Å². The SMILES string of the molecule is COc1cc(C(O)(CCN(C)C)C(c2cc3cc(Br)ccc3nc2OC)c2ccnc(OC)c2OC)c(OC)c(OC)n1. The van der Waals surface area contributed by atoms with E-state index >= 15 is 0 Å². The zero-order chi connectivity index (χ0) is 31.3. The number of aliphatic hydroxyl groups is 1. The molecule has 0 aliphatic carbocycles. The summed E-state index contributed by atoms with van der Waals surface area (Å²) in [6.45, 7) is 0.489. The van der Waals surface area contributed by atoms with Gasteiger partial charge >= 0.3 is 0 Å². The minimum atomic E-state index is -1.71. The van der Waals surface area contributed by atoms with Crippen LogP contribution < -0.4 is 28.4 Å². The van der Waals surface area contributed by atoms with Gasteiger partial charge in [-0.15, -0.1) is 0 Å². The molecule has 2 unspecified atom stereocenters. The predicted molar refractivity (Wildman–Crippen MR) is 166 cm³/mol. The van der Waals surface area contributed by atoms with E-state index in [1.165, 1.54) is 35.5 Å². The molecule has 4 rings (SSSR count). The number of methoxy groups -OCH3 is 6. The fourth-order valence-corrected chi connectivity index (χ4v) is 5.68. The van der Waals surface area contributed by atoms with Crippen LogP contribution in [0.4, 0.5) is 0 Å². The summed E-state index contributed by atoms with van der Waals surface area (Å²) < 4.78 is 35.2. The van der Waals surface area contributed by atoms with Crippen molar-refractivity contribution in [2.45, 2.75) is 17.9 Å². The fraction of sp³-hybridized carbons (Fsp3) is 0.387. The summed E-state index contributed by atoms with van der Waals surface area (Å²) in [5, 5.41) is 14.2. The largest absolute Gasteiger partial charge is 0.491 e. The molecule has 230 valence electrons. The van der Waals surface area contributed by atoms with E-state index in [4.69, 9.17) is 33.4 Å². The number of halogens is 1. The molecule has 0 saturated heterocycles. The van der Waals surface area contributed by atoms with Gasteiger partial charge in [0.05, 0.1) is 54.1 Å². The van der Waals surface area contributed by atoms with Gasteiger partial charge in [0.15, 0.2) is 11.5 Å². The molecule has 0 bridgehead atoms. The average Bonchev–Trinajstić information content (AvgIpc) is 3.02. The van der Waals surface area contributed by atoms with E-state index in [-0.39, 0.29) is 29.8 Å². The molecular formula is C31H37BrN4O7. The highest BCUT2D eigenvalue weighted by Gasteiger charge is 2.47. The lowest BCUT2D eigenvalue weighted by atomic mass is 9.71. The summed E-state index contributed by atoms with van der Waals surface area (Å²) in [6.07, 6.45) is 1.84. The van der Waals surface area contributed by atoms with Gasteiger partial charge in [0.2, 0.25) is 11.8 Å². The molecule has 0 aliphatic heterocycles. The Kier molecular flexibility index (Phi) is 10.2. The van der Waals surface area contributed by atoms with Crippen molar-refractivity contribution in [3.63, 3.8) is 0 Å². The predicted octanol–water partition coefficient (Wildman–Crippen LogP) is 4.81. The molecule has 4 aromatic rings. The summed E-state index contributed by atoms with van der Waals surface area (Å²) in [7, 11) is 13.0. The number of fused-ring (bicyclic) bond motifs is 1. The second kappa shape index (κ2) is 13.6. The van der Waals surface area contributed by atoms with Crippen LogP contribution in [0.5, 0.6) is 35.0 Å². The maximum atomic E-state index is 13.3. The van der Waals surface area contributed by atoms with E-state index in [1.54, 1.807) is 25.4 Å². The molecule has 2 atom stereocenters. The Labute approximate surface area is 259 Å². The number of hydrogen-bond donors (Lipinski definition) is 1. The van der Waals surface area contributed by atoms with Crippen LogP contribution in [-0.2, 0) is 5.60 Å². The minimum absolute atomic E-state index is 0.158. The van der Waals surface area contributed by atoms with Crippen molar-refractivity contribution in [1.29, 1.82) is 0 Å². The van der Waals surface area contributed by atoms with Crippen LogP contribution in [0, 0.1) is 0 Å². The third kappa shape index (κ3) is 6.27. The molecule has 0 amide bonds. The molecular weight excluding hydrogens is 620 g/mol. The molecule has 0 saturated carbocycles. The van der Waals surface area contributed by atoms with E-state index in [9.17, 15) is 5.11 Å². The Hall–Kier alpha value is -3.87. The Morgan fingerprint density at radius 3 is 2.09 bits per heavy atom. The first-order chi connectivity index (χ1) is 20.6. The Morgan fingerprint density at radius 2 is 1.49 bits per heavy atom. The first kappa shape index (κ1) is 32.1. The second-order valence-corrected chi connectivity index (χ2v) is 10.9. The summed E-state index contributed by atoms with van der Waals surface area (Å²) in [6, 6.07) is 11.2. The van der Waals surface area contributed by atoms with Crippen molar-refractivity contribution in [1.82, 2.24) is 19.9 Å². The van der Waals surface area contributed by atoms with Gasteiger partial charge in [0.25, 0.3) is 11.8 Å². The molecule has 3 aromatic heterocycles. The van der Waals surface area contributed by atoms with Crippen LogP contribution in [0.1, 0.15) is 29.0 Å². The molecule has 12 heteroatoms. The summed E-state index contributed by atoms with van der Waals surface area (Å²) in [5.74, 6) is 0.717. The monoisotopic (exact) mass is 656 g/mol. The highest BCUT2D eigenvalue weighted by molar-refractivity contribution is 9.10. The zero-order valence-corrected chi connectivity index (χ0v) is 27.2. The fourth-order valence-electron chi connectivity index (χ4n) is 5.30. The van der Waals surface area contributed by atoms with Crippen molar-refractivity contribution >= 4 is 26.8 Å². The molecule has 1 aromatic carbocycles. The van der Waals surface area contributed by atoms with Crippen molar-refractivity contribution in [3.05, 3.63) is 63.8 Å². The van der Waals surface area contributed by atoms with Gasteiger partial charge in [-0.1, -0.05) is 15.9 Å². The lowest BCUT2D eigenvalue weighted by Gasteiger charge is -2.40. The van der Waals surface area contributed by atoms with Crippen LogP contribution in [0.15, 0.2) is 47.1 Å². The van der Waals surface area contributed by atoms with Crippen molar-refractivity contribution in [2.75, 3.05) is 63.3 Å². The van der Waals surface area contributed by atoms with Gasteiger partial charge < -0.3 is 38.4 Å². The highest BCUT2D eigenvalue weighted by atomic mass is 79.9. The minimum Gasteiger partial charge on any atom is -0.491 e. The Balaban J connectivity index is 2.21. The van der Waals surface area contributed by atoms with Crippen molar-refractivity contribution in [3.8, 4) is 35.0 Å². The number of ether oxygens (including phenoxy) is 6. The summed E-state index contributed by atoms with van der Waals surface area (Å²) in [5.41, 5.74) is 0.579. The molecule has 0 aliphatic rings. The first-order valence-corrected chi connectivity index (χ1v) is 14.2. The number of benzene rings is 1. The number of pyridine rings is 3. The van der Waals surface area contributed by atoms with Gasteiger partial charge in [0, 0.05) is 45.4 Å². The van der Waals surface area contributed by atoms with Gasteiger partial charge in [0.1, 0.15) is 5.60 Å². The Morgan fingerprint density at radius 1 is 0.791 bits per heavy atom. The lowest BCUT2D eigenvalue weighted by molar-refractivity contribution is 0.000476. The third-order valence-electron chi connectivity index (χ3n) is 7.29. The maximum Gasteiger partial charge on any atom is 0.260 e. The number of hydrogen-bond acceptors (Lipinski definition) is 11. The van der Waals surface area contributed by atoms with Crippen molar-refractivity contribution in [2.24, 2.45) is 0 Å². The Bertz CT molecular complexity index is 1590. The van der Waals surface area contributed by atoms with Crippen LogP contribution in [0.2, 0.25) is 0 Å². The number of nitrogens with zero attached hydrogens (tertiary/aromatic N) is 4. The van der Waals surface area contributed by atoms with Crippen LogP contribution in [0.3, 0.4) is 0 Å². The van der Waals surface area contributed by atoms with E-state index in [2.05, 4.69) is 25.9 Å². The molecule has 0 spiro atoms. The smallest absolute Gasteiger partial charge is 0.260 e. The van der Waals surface area contributed by atoms with Crippen LogP contribution in [-0.4, -0.2) is 88.3 Å². The molecule has 1 N–H and O–H groups in total. The highest BCUT2D eigenvalue weighted by Crippen LogP contribution is 2.54. The van der Waals surface area contributed by atoms with Gasteiger partial charge in [-0.05, 0) is 50.8 Å². The third-order valence-corrected chi connectivity index (χ3v) is 7.79. The molecule has 11 nitrogen and oxygen atoms in total. The lowest BCUT2D eigenvalue weighted by Crippen LogP contribution is -2.38. The second-order valence-electron chi connectivity index (χ2n) is 10.0. The number of aromatic nitrogens is 3. The van der Waals surface area contributed by atoms with Gasteiger partial charge in [-0.25, -0.2) is 9.97 Å². The zero-order valence-electron chi connectivity index (χ0n) is 25.6. The first-order valence-electron chi connectivity index (χ1n) is 13.4. The molecule has 0 fully saturated rings. The van der Waals surface area contributed by atoms with Crippen LogP contribution >= 0.6 is 15.9 Å². The molecule has 3 heterocycles. The standard InChI is InChI=1S/C31H37BrN4O7/c1-36(2)14-12-31(37,22-17-24(38-3)35-30(43-8)27(22)40-5)25(20-11-13-33-29(42-7)26(20)39-4)21-16-18-15-19(32)9-10-23(18)34-28(21)41-6/h9-11,13,15-17,25,37H,12,14H2,1-8H3. The van der Waals surface area contributed by atoms with Gasteiger partial charge in [-0.2, -0.15) is 4.98 Å². The molecule has 43 heavy (non-hydrogen) atoms. The summed E-state index contributed by atoms with van der Waals surface area (Å²) in [4.78, 5) is 15.6. The maximum absolute atomic E-state index is 13.3. The van der Waals surface area contributed by atoms with Gasteiger partial charge in [-0.3, -0.25) is 0 Å². The van der Waals surface area contributed by atoms with E-state index in [0.717, 1.165) is 15.4 Å². The number of rotatable bonds is 13. The quantitative estimate of drug-likeness (QED) is 0.214. The van der Waals surface area contributed by atoms with E-state index in [1.807, 2.05) is 43.3 Å². The van der Waals surface area contributed by atoms with Crippen molar-refractivity contribution < 1.29 is 33.5 Å². The molecule has 0 radical (unpaired) electrons. The average molecular weight is 658 g/mol. The summed E-state index contributed by atoms with van der Waals surface area (Å²) >= 11 is 3.57.